The molecule has 0 aliphatic carbocycles. The molecule has 0 aliphatic rings. The van der Waals surface area contributed by atoms with Crippen LogP contribution in [0.1, 0.15) is 10.4 Å². The highest BCUT2D eigenvalue weighted by atomic mass is 32.2. The Morgan fingerprint density at radius 2 is 1.83 bits per heavy atom. The van der Waals surface area contributed by atoms with Crippen LogP contribution < -0.4 is 4.72 Å². The van der Waals surface area contributed by atoms with Crippen molar-refractivity contribution in [3.63, 3.8) is 0 Å². The van der Waals surface area contributed by atoms with Gasteiger partial charge in [0.2, 0.25) is 0 Å². The Balaban J connectivity index is 1.81. The number of sulfonamides is 1. The number of hydrogen-bond acceptors (Lipinski definition) is 5. The molecule has 23 heavy (non-hydrogen) atoms. The van der Waals surface area contributed by atoms with E-state index in [9.17, 15) is 13.2 Å². The van der Waals surface area contributed by atoms with Crippen LogP contribution in [-0.2, 0) is 10.0 Å². The van der Waals surface area contributed by atoms with Gasteiger partial charge in [0.1, 0.15) is 0 Å². The van der Waals surface area contributed by atoms with Crippen LogP contribution in [0.25, 0.3) is 5.69 Å². The first-order valence-corrected chi connectivity index (χ1v) is 8.12. The van der Waals surface area contributed by atoms with Crippen molar-refractivity contribution >= 4 is 15.9 Å². The van der Waals surface area contributed by atoms with Gasteiger partial charge in [-0.15, -0.1) is 0 Å². The zero-order valence-electron chi connectivity index (χ0n) is 11.8. The summed E-state index contributed by atoms with van der Waals surface area (Å²) in [4.78, 5) is 16.1. The molecule has 0 unspecified atom stereocenters. The Labute approximate surface area is 132 Å². The molecule has 0 saturated carbocycles. The zero-order chi connectivity index (χ0) is 16.3. The molecule has 0 bridgehead atoms. The molecule has 0 saturated heterocycles. The lowest BCUT2D eigenvalue weighted by atomic mass is 10.3. The second-order valence-electron chi connectivity index (χ2n) is 4.63. The van der Waals surface area contributed by atoms with Gasteiger partial charge in [-0.25, -0.2) is 17.8 Å². The van der Waals surface area contributed by atoms with E-state index in [0.717, 1.165) is 0 Å². The van der Waals surface area contributed by atoms with E-state index in [-0.39, 0.29) is 10.5 Å². The number of carbonyl (C=O) groups is 1. The van der Waals surface area contributed by atoms with Gasteiger partial charge >= 0.3 is 0 Å². The standard InChI is InChI=1S/C15H12N4O3S/c20-15(18-23(21,22)14-6-2-1-3-7-14)12-9-17-19(11-12)13-5-4-8-16-10-13/h1-11H,(H,18,20). The van der Waals surface area contributed by atoms with Gasteiger partial charge in [-0.2, -0.15) is 5.10 Å². The van der Waals surface area contributed by atoms with Crippen LogP contribution in [0.3, 0.4) is 0 Å². The largest absolute Gasteiger partial charge is 0.268 e. The normalized spacial score (nSPS) is 11.1. The molecule has 0 fully saturated rings. The number of pyridine rings is 1. The van der Waals surface area contributed by atoms with Gasteiger partial charge in [-0.3, -0.25) is 9.78 Å². The van der Waals surface area contributed by atoms with E-state index in [1.807, 2.05) is 4.72 Å². The molecular weight excluding hydrogens is 316 g/mol. The summed E-state index contributed by atoms with van der Waals surface area (Å²) in [6.07, 6.45) is 5.93. The predicted molar refractivity (Wildman–Crippen MR) is 82.5 cm³/mol. The molecule has 8 heteroatoms. The maximum Gasteiger partial charge on any atom is 0.268 e. The lowest BCUT2D eigenvalue weighted by Gasteiger charge is -2.05. The Bertz CT molecular complexity index is 922. The fraction of sp³-hybridized carbons (Fsp3) is 0. The molecule has 0 radical (unpaired) electrons. The van der Waals surface area contributed by atoms with Crippen molar-refractivity contribution in [1.29, 1.82) is 0 Å². The minimum Gasteiger partial charge on any atom is -0.268 e. The molecular formula is C15H12N4O3S. The smallest absolute Gasteiger partial charge is 0.268 e. The monoisotopic (exact) mass is 328 g/mol. The molecule has 0 spiro atoms. The molecule has 1 amide bonds. The highest BCUT2D eigenvalue weighted by Gasteiger charge is 2.19. The Hall–Kier alpha value is -3.00. The highest BCUT2D eigenvalue weighted by Crippen LogP contribution is 2.10. The van der Waals surface area contributed by atoms with E-state index in [0.29, 0.717) is 5.69 Å². The summed E-state index contributed by atoms with van der Waals surface area (Å²) in [5.41, 5.74) is 0.797. The summed E-state index contributed by atoms with van der Waals surface area (Å²) in [7, 11) is -3.91. The second kappa shape index (κ2) is 6.01. The van der Waals surface area contributed by atoms with Gasteiger partial charge in [0, 0.05) is 12.4 Å². The molecule has 1 N–H and O–H groups in total. The zero-order valence-corrected chi connectivity index (χ0v) is 12.6. The summed E-state index contributed by atoms with van der Waals surface area (Å²) in [6.45, 7) is 0. The van der Waals surface area contributed by atoms with E-state index < -0.39 is 15.9 Å². The topological polar surface area (TPSA) is 94.0 Å². The lowest BCUT2D eigenvalue weighted by Crippen LogP contribution is -2.30. The fourth-order valence-corrected chi connectivity index (χ4v) is 2.91. The quantitative estimate of drug-likeness (QED) is 0.781. The van der Waals surface area contributed by atoms with Crippen molar-refractivity contribution in [2.45, 2.75) is 4.90 Å². The van der Waals surface area contributed by atoms with Gasteiger partial charge < -0.3 is 0 Å². The van der Waals surface area contributed by atoms with Crippen LogP contribution in [0.4, 0.5) is 0 Å². The minimum absolute atomic E-state index is 0.0213. The molecule has 0 atom stereocenters. The first kappa shape index (κ1) is 14.9. The van der Waals surface area contributed by atoms with Gasteiger partial charge in [0.15, 0.2) is 0 Å². The fourth-order valence-electron chi connectivity index (χ4n) is 1.91. The molecule has 2 heterocycles. The van der Waals surface area contributed by atoms with Gasteiger partial charge in [-0.1, -0.05) is 18.2 Å². The highest BCUT2D eigenvalue weighted by molar-refractivity contribution is 7.90. The van der Waals surface area contributed by atoms with Crippen LogP contribution in [0.15, 0.2) is 72.1 Å². The SMILES string of the molecule is O=C(NS(=O)(=O)c1ccccc1)c1cnn(-c2cccnc2)c1. The summed E-state index contributed by atoms with van der Waals surface area (Å²) in [6, 6.07) is 11.2. The second-order valence-corrected chi connectivity index (χ2v) is 6.31. The summed E-state index contributed by atoms with van der Waals surface area (Å²) >= 11 is 0. The van der Waals surface area contributed by atoms with E-state index in [1.54, 1.807) is 42.7 Å². The summed E-state index contributed by atoms with van der Waals surface area (Å²) in [5.74, 6) is -0.746. The molecule has 2 aromatic heterocycles. The van der Waals surface area contributed by atoms with Crippen LogP contribution >= 0.6 is 0 Å². The Kier molecular flexibility index (Phi) is 3.90. The van der Waals surface area contributed by atoms with E-state index in [1.165, 1.54) is 29.2 Å². The maximum absolute atomic E-state index is 12.1. The minimum atomic E-state index is -3.91. The number of rotatable bonds is 4. The average Bonchev–Trinajstić information content (AvgIpc) is 3.06. The van der Waals surface area contributed by atoms with E-state index >= 15 is 0 Å². The van der Waals surface area contributed by atoms with Crippen LogP contribution in [0.2, 0.25) is 0 Å². The summed E-state index contributed by atoms with van der Waals surface area (Å²) in [5, 5.41) is 4.03. The van der Waals surface area contributed by atoms with Crippen molar-refractivity contribution < 1.29 is 13.2 Å². The van der Waals surface area contributed by atoms with Crippen molar-refractivity contribution in [1.82, 2.24) is 19.5 Å². The first-order chi connectivity index (χ1) is 11.1. The average molecular weight is 328 g/mol. The van der Waals surface area contributed by atoms with Crippen LogP contribution in [-0.4, -0.2) is 29.1 Å². The molecule has 3 rings (SSSR count). The molecule has 116 valence electrons. The Morgan fingerprint density at radius 1 is 1.04 bits per heavy atom. The predicted octanol–water partition coefficient (Wildman–Crippen LogP) is 1.39. The first-order valence-electron chi connectivity index (χ1n) is 6.63. The number of aromatic nitrogens is 3. The number of carbonyl (C=O) groups excluding carboxylic acids is 1. The Morgan fingerprint density at radius 3 is 2.52 bits per heavy atom. The molecule has 7 nitrogen and oxygen atoms in total. The van der Waals surface area contributed by atoms with Crippen LogP contribution in [0.5, 0.6) is 0 Å². The van der Waals surface area contributed by atoms with Crippen LogP contribution in [0, 0.1) is 0 Å². The third-order valence-corrected chi connectivity index (χ3v) is 4.38. The van der Waals surface area contributed by atoms with Crippen molar-refractivity contribution in [2.24, 2.45) is 0 Å². The number of nitrogens with one attached hydrogen (secondary N) is 1. The number of nitrogens with zero attached hydrogens (tertiary/aromatic N) is 3. The number of benzene rings is 1. The molecule has 1 aromatic carbocycles. The van der Waals surface area contributed by atoms with Crippen molar-refractivity contribution in [3.05, 3.63) is 72.8 Å². The molecule has 0 aliphatic heterocycles. The van der Waals surface area contributed by atoms with E-state index in [2.05, 4.69) is 10.1 Å². The maximum atomic E-state index is 12.1. The van der Waals surface area contributed by atoms with Gasteiger partial charge in [0.25, 0.3) is 15.9 Å². The van der Waals surface area contributed by atoms with Gasteiger partial charge in [-0.05, 0) is 24.3 Å². The van der Waals surface area contributed by atoms with E-state index in [4.69, 9.17) is 0 Å². The lowest BCUT2D eigenvalue weighted by molar-refractivity contribution is 0.0981. The third kappa shape index (κ3) is 3.27. The number of amides is 1. The van der Waals surface area contributed by atoms with Crippen molar-refractivity contribution in [3.8, 4) is 5.69 Å². The van der Waals surface area contributed by atoms with Gasteiger partial charge in [0.05, 0.1) is 28.5 Å². The third-order valence-electron chi connectivity index (χ3n) is 3.04. The van der Waals surface area contributed by atoms with Crippen molar-refractivity contribution in [2.75, 3.05) is 0 Å². The summed E-state index contributed by atoms with van der Waals surface area (Å²) < 4.78 is 27.7. The number of hydrogen-bond donors (Lipinski definition) is 1. The molecule has 3 aromatic rings.